The topological polar surface area (TPSA) is 65.0 Å². The number of carbonyl (C=O) groups excluding carboxylic acids is 1. The highest BCUT2D eigenvalue weighted by Crippen LogP contribution is 2.43. The van der Waals surface area contributed by atoms with Crippen LogP contribution in [0.1, 0.15) is 6.42 Å². The lowest BCUT2D eigenvalue weighted by atomic mass is 9.83. The van der Waals surface area contributed by atoms with Crippen molar-refractivity contribution in [2.24, 2.45) is 11.8 Å². The lowest BCUT2D eigenvalue weighted by Gasteiger charge is -2.33. The number of aliphatic hydroxyl groups is 1. The second-order valence-corrected chi connectivity index (χ2v) is 4.11. The van der Waals surface area contributed by atoms with Crippen LogP contribution in [0.15, 0.2) is 23.5 Å². The van der Waals surface area contributed by atoms with E-state index in [1.54, 1.807) is 7.11 Å². The van der Waals surface area contributed by atoms with Crippen LogP contribution in [0.5, 0.6) is 0 Å². The van der Waals surface area contributed by atoms with E-state index < -0.39 is 6.29 Å². The number of methoxy groups -OCH3 is 2. The summed E-state index contributed by atoms with van der Waals surface area (Å²) in [5.74, 6) is -0.519. The third-order valence-electron chi connectivity index (χ3n) is 3.35. The number of carbonyl (C=O) groups is 1. The number of hydrogen-bond donors (Lipinski definition) is 1. The summed E-state index contributed by atoms with van der Waals surface area (Å²) in [5, 5.41) is 9.29. The van der Waals surface area contributed by atoms with E-state index in [9.17, 15) is 9.90 Å². The molecule has 0 bridgehead atoms. The van der Waals surface area contributed by atoms with Gasteiger partial charge in [-0.25, -0.2) is 4.79 Å². The van der Waals surface area contributed by atoms with Crippen molar-refractivity contribution in [1.82, 2.24) is 0 Å². The van der Waals surface area contributed by atoms with Gasteiger partial charge in [-0.3, -0.25) is 0 Å². The largest absolute Gasteiger partial charge is 0.471 e. The van der Waals surface area contributed by atoms with Gasteiger partial charge in [-0.2, -0.15) is 0 Å². The molecule has 0 spiro atoms. The summed E-state index contributed by atoms with van der Waals surface area (Å²) in [6.07, 6.45) is 3.60. The van der Waals surface area contributed by atoms with Crippen LogP contribution in [-0.2, 0) is 19.0 Å². The fourth-order valence-corrected chi connectivity index (χ4v) is 2.51. The molecular formula is C12H16O5. The molecule has 1 heterocycles. The van der Waals surface area contributed by atoms with Crippen LogP contribution in [-0.4, -0.2) is 38.2 Å². The number of rotatable bonds is 3. The maximum atomic E-state index is 11.6. The van der Waals surface area contributed by atoms with Crippen LogP contribution in [0.4, 0.5) is 0 Å². The summed E-state index contributed by atoms with van der Waals surface area (Å²) in [7, 11) is 2.89. The first-order chi connectivity index (χ1) is 8.22. The van der Waals surface area contributed by atoms with Gasteiger partial charge >= 0.3 is 5.97 Å². The lowest BCUT2D eigenvalue weighted by Crippen LogP contribution is -2.36. The van der Waals surface area contributed by atoms with Crippen LogP contribution < -0.4 is 0 Å². The molecule has 1 aliphatic carbocycles. The first-order valence-corrected chi connectivity index (χ1v) is 5.49. The molecule has 5 heteroatoms. The number of aliphatic hydroxyl groups excluding tert-OH is 1. The molecule has 0 aromatic carbocycles. The molecule has 3 unspecified atom stereocenters. The van der Waals surface area contributed by atoms with Crippen molar-refractivity contribution in [2.75, 3.05) is 20.8 Å². The number of hydrogen-bond acceptors (Lipinski definition) is 5. The highest BCUT2D eigenvalue weighted by Gasteiger charge is 2.44. The molecule has 0 radical (unpaired) electrons. The summed E-state index contributed by atoms with van der Waals surface area (Å²) in [4.78, 5) is 11.6. The van der Waals surface area contributed by atoms with Gasteiger partial charge in [0.05, 0.1) is 31.5 Å². The third-order valence-corrected chi connectivity index (χ3v) is 3.35. The van der Waals surface area contributed by atoms with Crippen LogP contribution in [0.25, 0.3) is 0 Å². The minimum absolute atomic E-state index is 0.0247. The van der Waals surface area contributed by atoms with Crippen LogP contribution in [0.2, 0.25) is 0 Å². The van der Waals surface area contributed by atoms with Gasteiger partial charge in [0.25, 0.3) is 0 Å². The van der Waals surface area contributed by atoms with Crippen LogP contribution in [0.3, 0.4) is 0 Å². The Balaban J connectivity index is 2.27. The zero-order valence-corrected chi connectivity index (χ0v) is 9.88. The summed E-state index contributed by atoms with van der Waals surface area (Å²) < 4.78 is 15.3. The molecule has 1 N–H and O–H groups in total. The number of fused-ring (bicyclic) bond motifs is 1. The highest BCUT2D eigenvalue weighted by molar-refractivity contribution is 5.89. The average Bonchev–Trinajstić information content (AvgIpc) is 2.80. The molecule has 2 aliphatic rings. The van der Waals surface area contributed by atoms with Gasteiger partial charge in [-0.1, -0.05) is 6.08 Å². The quantitative estimate of drug-likeness (QED) is 0.578. The van der Waals surface area contributed by atoms with Crippen LogP contribution >= 0.6 is 0 Å². The lowest BCUT2D eigenvalue weighted by molar-refractivity contribution is -0.146. The molecule has 94 valence electrons. The van der Waals surface area contributed by atoms with E-state index in [1.165, 1.54) is 13.4 Å². The highest BCUT2D eigenvalue weighted by atomic mass is 16.7. The van der Waals surface area contributed by atoms with Gasteiger partial charge in [0.15, 0.2) is 0 Å². The van der Waals surface area contributed by atoms with Crippen molar-refractivity contribution in [2.45, 2.75) is 12.7 Å². The second-order valence-electron chi connectivity index (χ2n) is 4.11. The number of allylic oxidation sites excluding steroid dienone is 1. The van der Waals surface area contributed by atoms with E-state index in [1.807, 2.05) is 6.08 Å². The van der Waals surface area contributed by atoms with Crippen molar-refractivity contribution in [3.63, 3.8) is 0 Å². The predicted molar refractivity (Wildman–Crippen MR) is 58.7 cm³/mol. The van der Waals surface area contributed by atoms with E-state index in [2.05, 4.69) is 0 Å². The maximum absolute atomic E-state index is 11.6. The Bertz CT molecular complexity index is 371. The Kier molecular flexibility index (Phi) is 3.49. The molecule has 0 saturated carbocycles. The fraction of sp³-hybridized carbons (Fsp3) is 0.583. The van der Waals surface area contributed by atoms with E-state index in [-0.39, 0.29) is 24.4 Å². The van der Waals surface area contributed by atoms with Crippen molar-refractivity contribution in [1.29, 1.82) is 0 Å². The number of esters is 1. The van der Waals surface area contributed by atoms with Crippen LogP contribution in [0, 0.1) is 11.8 Å². The van der Waals surface area contributed by atoms with Gasteiger partial charge in [0.2, 0.25) is 6.29 Å². The van der Waals surface area contributed by atoms with Crippen molar-refractivity contribution >= 4 is 5.97 Å². The minimum atomic E-state index is -0.450. The van der Waals surface area contributed by atoms with E-state index in [4.69, 9.17) is 14.2 Å². The average molecular weight is 240 g/mol. The zero-order chi connectivity index (χ0) is 12.4. The fourth-order valence-electron chi connectivity index (χ4n) is 2.51. The monoisotopic (exact) mass is 240 g/mol. The number of ether oxygens (including phenoxy) is 3. The van der Waals surface area contributed by atoms with Gasteiger partial charge in [0.1, 0.15) is 0 Å². The SMILES string of the molecule is COC(=O)C1=COC(OC)C2C(CO)=CCC12. The molecular weight excluding hydrogens is 224 g/mol. The molecule has 0 saturated heterocycles. The normalized spacial score (nSPS) is 31.1. The zero-order valence-electron chi connectivity index (χ0n) is 9.88. The summed E-state index contributed by atoms with van der Waals surface area (Å²) in [6.45, 7) is -0.0428. The first kappa shape index (κ1) is 12.1. The van der Waals surface area contributed by atoms with Gasteiger partial charge in [-0.15, -0.1) is 0 Å². The Labute approximate surface area is 99.7 Å². The summed E-state index contributed by atoms with van der Waals surface area (Å²) in [5.41, 5.74) is 1.36. The maximum Gasteiger partial charge on any atom is 0.337 e. The molecule has 3 atom stereocenters. The smallest absolute Gasteiger partial charge is 0.337 e. The van der Waals surface area contributed by atoms with Gasteiger partial charge in [-0.05, 0) is 12.0 Å². The van der Waals surface area contributed by atoms with Crippen molar-refractivity contribution in [3.8, 4) is 0 Å². The molecule has 0 fully saturated rings. The van der Waals surface area contributed by atoms with Gasteiger partial charge < -0.3 is 19.3 Å². The molecule has 0 aromatic rings. The standard InChI is InChI=1S/C12H16O5/c1-15-11(14)9-6-17-12(16-2)10-7(5-13)3-4-8(9)10/h3,6,8,10,12-13H,4-5H2,1-2H3. The molecule has 0 amide bonds. The Morgan fingerprint density at radius 3 is 2.94 bits per heavy atom. The van der Waals surface area contributed by atoms with Gasteiger partial charge in [0, 0.05) is 13.0 Å². The molecule has 2 rings (SSSR count). The summed E-state index contributed by atoms with van der Waals surface area (Å²) in [6, 6.07) is 0. The molecule has 0 aromatic heterocycles. The van der Waals surface area contributed by atoms with E-state index >= 15 is 0 Å². The molecule has 1 aliphatic heterocycles. The first-order valence-electron chi connectivity index (χ1n) is 5.49. The Morgan fingerprint density at radius 2 is 2.35 bits per heavy atom. The van der Waals surface area contributed by atoms with E-state index in [0.717, 1.165) is 5.57 Å². The Hall–Kier alpha value is -1.33. The molecule has 17 heavy (non-hydrogen) atoms. The Morgan fingerprint density at radius 1 is 1.59 bits per heavy atom. The minimum Gasteiger partial charge on any atom is -0.471 e. The van der Waals surface area contributed by atoms with Crippen molar-refractivity contribution in [3.05, 3.63) is 23.5 Å². The second kappa shape index (κ2) is 4.89. The predicted octanol–water partition coefficient (Wildman–Crippen LogP) is 0.601. The summed E-state index contributed by atoms with van der Waals surface area (Å²) >= 11 is 0. The van der Waals surface area contributed by atoms with Crippen molar-refractivity contribution < 1.29 is 24.1 Å². The van der Waals surface area contributed by atoms with E-state index in [0.29, 0.717) is 12.0 Å². The third kappa shape index (κ3) is 1.96. The molecule has 5 nitrogen and oxygen atoms in total.